The van der Waals surface area contributed by atoms with Gasteiger partial charge in [0.05, 0.1) is 33.3 Å². The molecule has 3 aromatic carbocycles. The highest BCUT2D eigenvalue weighted by molar-refractivity contribution is 5.91. The van der Waals surface area contributed by atoms with E-state index in [0.29, 0.717) is 6.61 Å². The van der Waals surface area contributed by atoms with Crippen molar-refractivity contribution >= 4 is 5.91 Å². The predicted molar refractivity (Wildman–Crippen MR) is 133 cm³/mol. The number of amides is 1. The van der Waals surface area contributed by atoms with Crippen LogP contribution in [0.2, 0.25) is 0 Å². The van der Waals surface area contributed by atoms with Crippen LogP contribution in [0.3, 0.4) is 0 Å². The summed E-state index contributed by atoms with van der Waals surface area (Å²) in [4.78, 5) is 13.3. The Morgan fingerprint density at radius 1 is 0.970 bits per heavy atom. The van der Waals surface area contributed by atoms with Crippen LogP contribution >= 0.6 is 0 Å². The normalized spacial score (nSPS) is 20.5. The first kappa shape index (κ1) is 23.1. The highest BCUT2D eigenvalue weighted by Gasteiger charge is 2.53. The van der Waals surface area contributed by atoms with E-state index in [0.717, 1.165) is 53.8 Å². The summed E-state index contributed by atoms with van der Waals surface area (Å²) >= 11 is 0. The maximum atomic E-state index is 13.3. The lowest BCUT2D eigenvalue weighted by molar-refractivity contribution is -0.899. The molecule has 3 aromatic rings. The third-order valence-electron chi connectivity index (χ3n) is 7.27. The Morgan fingerprint density at radius 2 is 1.55 bits per heavy atom. The lowest BCUT2D eigenvalue weighted by atomic mass is 9.64. The van der Waals surface area contributed by atoms with Gasteiger partial charge >= 0.3 is 0 Å². The van der Waals surface area contributed by atoms with E-state index >= 15 is 0 Å². The molecule has 4 heteroatoms. The topological polar surface area (TPSA) is 52.3 Å². The van der Waals surface area contributed by atoms with Crippen molar-refractivity contribution in [1.29, 1.82) is 0 Å². The minimum atomic E-state index is -0.822. The summed E-state index contributed by atoms with van der Waals surface area (Å²) in [5, 5.41) is 0. The van der Waals surface area contributed by atoms with Crippen molar-refractivity contribution in [2.45, 2.75) is 25.2 Å². The molecule has 0 radical (unpaired) electrons. The number of benzene rings is 3. The molecule has 4 rings (SSSR count). The van der Waals surface area contributed by atoms with E-state index in [4.69, 9.17) is 10.5 Å². The van der Waals surface area contributed by atoms with E-state index in [1.165, 1.54) is 5.56 Å². The van der Waals surface area contributed by atoms with Crippen molar-refractivity contribution in [2.24, 2.45) is 11.7 Å². The number of carbonyl (C=O) groups excluding carboxylic acids is 1. The van der Waals surface area contributed by atoms with E-state index in [9.17, 15) is 4.79 Å². The average Bonchev–Trinajstić information content (AvgIpc) is 3.22. The van der Waals surface area contributed by atoms with E-state index in [1.807, 2.05) is 48.5 Å². The average molecular weight is 444 g/mol. The number of hydrogen-bond acceptors (Lipinski definition) is 2. The number of nitrogens with zero attached hydrogens (tertiary/aromatic N) is 1. The molecule has 172 valence electrons. The zero-order valence-corrected chi connectivity index (χ0v) is 19.7. The van der Waals surface area contributed by atoms with Crippen LogP contribution < -0.4 is 10.5 Å². The van der Waals surface area contributed by atoms with E-state index in [1.54, 1.807) is 0 Å². The molecule has 1 amide bonds. The molecule has 0 bridgehead atoms. The van der Waals surface area contributed by atoms with Crippen LogP contribution in [0.15, 0.2) is 84.9 Å². The zero-order chi connectivity index (χ0) is 23.3. The lowest BCUT2D eigenvalue weighted by Gasteiger charge is -2.38. The Kier molecular flexibility index (Phi) is 6.85. The Bertz CT molecular complexity index is 1010. The third-order valence-corrected chi connectivity index (χ3v) is 7.27. The van der Waals surface area contributed by atoms with Crippen molar-refractivity contribution in [2.75, 3.05) is 33.3 Å². The van der Waals surface area contributed by atoms with Gasteiger partial charge in [0.25, 0.3) is 0 Å². The second-order valence-corrected chi connectivity index (χ2v) is 9.65. The van der Waals surface area contributed by atoms with E-state index in [-0.39, 0.29) is 11.8 Å². The highest BCUT2D eigenvalue weighted by Crippen LogP contribution is 2.45. The Labute approximate surface area is 197 Å². The standard InChI is InChI=1S/C29H34N2O2/c1-23-14-16-27(17-15-23)33-21-9-19-31(2)20-18-26(22-31)29(28(30)32,24-10-5-3-6-11-24)25-12-7-4-8-13-25/h3-8,10-17,26H,9,18-22H2,1-2H3,(H-,30,32)/p+1/t26-,31?/m1/s1. The van der Waals surface area contributed by atoms with Gasteiger partial charge in [-0.1, -0.05) is 78.4 Å². The first-order valence-electron chi connectivity index (χ1n) is 11.9. The van der Waals surface area contributed by atoms with Gasteiger partial charge in [-0.15, -0.1) is 0 Å². The number of carbonyl (C=O) groups is 1. The van der Waals surface area contributed by atoms with Crippen LogP contribution in [-0.4, -0.2) is 43.7 Å². The molecule has 1 aliphatic heterocycles. The van der Waals surface area contributed by atoms with Gasteiger partial charge in [-0.05, 0) is 30.2 Å². The summed E-state index contributed by atoms with van der Waals surface area (Å²) in [6, 6.07) is 28.4. The van der Waals surface area contributed by atoms with Gasteiger partial charge in [-0.25, -0.2) is 0 Å². The number of aryl methyl sites for hydroxylation is 1. The second-order valence-electron chi connectivity index (χ2n) is 9.65. The maximum Gasteiger partial charge on any atom is 0.233 e. The Morgan fingerprint density at radius 3 is 2.09 bits per heavy atom. The molecular weight excluding hydrogens is 408 g/mol. The van der Waals surface area contributed by atoms with Gasteiger partial charge in [0, 0.05) is 18.8 Å². The molecule has 4 nitrogen and oxygen atoms in total. The van der Waals surface area contributed by atoms with Crippen LogP contribution in [0.25, 0.3) is 0 Å². The van der Waals surface area contributed by atoms with Crippen molar-refractivity contribution < 1.29 is 14.0 Å². The summed E-state index contributed by atoms with van der Waals surface area (Å²) in [5.74, 6) is 0.798. The molecular formula is C29H35N2O2+. The molecule has 2 atom stereocenters. The van der Waals surface area contributed by atoms with Gasteiger partial charge in [0.2, 0.25) is 5.91 Å². The van der Waals surface area contributed by atoms with Crippen molar-refractivity contribution in [3.05, 3.63) is 102 Å². The molecule has 33 heavy (non-hydrogen) atoms. The first-order chi connectivity index (χ1) is 15.9. The summed E-state index contributed by atoms with van der Waals surface area (Å²) in [6.07, 6.45) is 1.93. The molecule has 1 heterocycles. The first-order valence-corrected chi connectivity index (χ1v) is 11.9. The minimum absolute atomic E-state index is 0.141. The molecule has 1 saturated heterocycles. The SMILES string of the molecule is Cc1ccc(OCCC[N+]2(C)CC[C@@H](C(C(N)=O)(c3ccccc3)c3ccccc3)C2)cc1. The highest BCUT2D eigenvalue weighted by atomic mass is 16.5. The van der Waals surface area contributed by atoms with Crippen molar-refractivity contribution in [3.8, 4) is 5.75 Å². The summed E-state index contributed by atoms with van der Waals surface area (Å²) in [5.41, 5.74) is 8.63. The summed E-state index contributed by atoms with van der Waals surface area (Å²) in [7, 11) is 2.30. The molecule has 1 unspecified atom stereocenters. The molecule has 1 fully saturated rings. The quantitative estimate of drug-likeness (QED) is 0.385. The largest absolute Gasteiger partial charge is 0.493 e. The second kappa shape index (κ2) is 9.80. The molecule has 0 aromatic heterocycles. The van der Waals surface area contributed by atoms with Gasteiger partial charge in [-0.3, -0.25) is 4.79 Å². The number of quaternary nitrogens is 1. The summed E-state index contributed by atoms with van der Waals surface area (Å²) in [6.45, 7) is 5.73. The number of primary amides is 1. The summed E-state index contributed by atoms with van der Waals surface area (Å²) < 4.78 is 6.88. The van der Waals surface area contributed by atoms with E-state index in [2.05, 4.69) is 50.4 Å². The fourth-order valence-corrected chi connectivity index (χ4v) is 5.54. The zero-order valence-electron chi connectivity index (χ0n) is 19.7. The Balaban J connectivity index is 1.51. The molecule has 0 aliphatic carbocycles. The van der Waals surface area contributed by atoms with Gasteiger partial charge < -0.3 is 15.0 Å². The number of nitrogens with two attached hydrogens (primary N) is 1. The fraction of sp³-hybridized carbons (Fsp3) is 0.345. The van der Waals surface area contributed by atoms with E-state index < -0.39 is 5.41 Å². The van der Waals surface area contributed by atoms with Crippen LogP contribution in [0.4, 0.5) is 0 Å². The smallest absolute Gasteiger partial charge is 0.233 e. The van der Waals surface area contributed by atoms with Gasteiger partial charge in [0.15, 0.2) is 0 Å². The number of hydrogen-bond donors (Lipinski definition) is 1. The lowest BCUT2D eigenvalue weighted by Crippen LogP contribution is -2.51. The van der Waals surface area contributed by atoms with Crippen LogP contribution in [0.1, 0.15) is 29.5 Å². The van der Waals surface area contributed by atoms with Crippen molar-refractivity contribution in [3.63, 3.8) is 0 Å². The van der Waals surface area contributed by atoms with Gasteiger partial charge in [-0.2, -0.15) is 0 Å². The molecule has 2 N–H and O–H groups in total. The van der Waals surface area contributed by atoms with Crippen molar-refractivity contribution in [1.82, 2.24) is 0 Å². The van der Waals surface area contributed by atoms with Crippen LogP contribution in [-0.2, 0) is 10.2 Å². The number of ether oxygens (including phenoxy) is 1. The molecule has 0 saturated carbocycles. The fourth-order valence-electron chi connectivity index (χ4n) is 5.54. The number of rotatable bonds is 9. The van der Waals surface area contributed by atoms with Gasteiger partial charge in [0.1, 0.15) is 11.2 Å². The van der Waals surface area contributed by atoms with Crippen LogP contribution in [0, 0.1) is 12.8 Å². The Hall–Kier alpha value is -3.11. The predicted octanol–water partition coefficient (Wildman–Crippen LogP) is 4.70. The molecule has 1 aliphatic rings. The maximum absolute atomic E-state index is 13.3. The van der Waals surface area contributed by atoms with Crippen LogP contribution in [0.5, 0.6) is 5.75 Å². The third kappa shape index (κ3) is 4.81. The molecule has 0 spiro atoms. The minimum Gasteiger partial charge on any atom is -0.493 e. The number of likely N-dealkylation sites (tertiary alicyclic amines) is 1. The monoisotopic (exact) mass is 443 g/mol.